The Morgan fingerprint density at radius 1 is 0.920 bits per heavy atom. The third-order valence-corrected chi connectivity index (χ3v) is 5.42. The lowest BCUT2D eigenvalue weighted by atomic mass is 9.73. The molecule has 4 heteroatoms. The molecule has 2 heterocycles. The Balaban J connectivity index is 0.00000182. The van der Waals surface area contributed by atoms with Crippen LogP contribution in [0.25, 0.3) is 0 Å². The van der Waals surface area contributed by atoms with Gasteiger partial charge in [-0.3, -0.25) is 4.79 Å². The Hall–Kier alpha value is -1.84. The van der Waals surface area contributed by atoms with E-state index in [2.05, 4.69) is 17.0 Å². The highest BCUT2D eigenvalue weighted by molar-refractivity contribution is 5.94. The maximum Gasteiger partial charge on any atom is 0.326 e. The molecule has 3 nitrogen and oxygen atoms in total. The van der Waals surface area contributed by atoms with E-state index in [9.17, 15) is 4.79 Å². The van der Waals surface area contributed by atoms with Crippen molar-refractivity contribution < 1.29 is 9.53 Å². The van der Waals surface area contributed by atoms with Gasteiger partial charge in [0.25, 0.3) is 0 Å². The Kier molecular flexibility index (Phi) is 5.45. The van der Waals surface area contributed by atoms with Crippen LogP contribution in [0.2, 0.25) is 0 Å². The zero-order valence-electron chi connectivity index (χ0n) is 14.3. The Morgan fingerprint density at radius 3 is 2.36 bits per heavy atom. The summed E-state index contributed by atoms with van der Waals surface area (Å²) < 4.78 is 5.66. The van der Waals surface area contributed by atoms with Crippen LogP contribution < -0.4 is 4.74 Å². The normalized spacial score (nSPS) is 22.8. The number of para-hydroxylation sites is 1. The number of esters is 1. The molecule has 1 atom stereocenters. The number of hydrogen-bond donors (Lipinski definition) is 0. The fraction of sp³-hybridized carbons (Fsp3) is 0.381. The van der Waals surface area contributed by atoms with Gasteiger partial charge in [-0.1, -0.05) is 55.0 Å². The number of ether oxygens (including phenoxy) is 1. The molecule has 25 heavy (non-hydrogen) atoms. The first kappa shape index (κ1) is 18.0. The number of nitrogens with zero attached hydrogens (tertiary/aromatic N) is 1. The number of carbonyl (C=O) groups is 1. The summed E-state index contributed by atoms with van der Waals surface area (Å²) in [5.74, 6) is 0.580. The standard InChI is InChI=1S/C21H23NO2.ClH/c23-20-21(17-9-3-1-4-10-17,13-16-22-14-7-2-8-15-22)18-11-5-6-12-19(18)24-20;/h1,3-6,9-12H,2,7-8,13-16H2;1H. The van der Waals surface area contributed by atoms with Crippen molar-refractivity contribution in [3.63, 3.8) is 0 Å². The minimum Gasteiger partial charge on any atom is -0.425 e. The van der Waals surface area contributed by atoms with Crippen molar-refractivity contribution in [3.05, 3.63) is 65.7 Å². The van der Waals surface area contributed by atoms with E-state index in [1.807, 2.05) is 42.5 Å². The summed E-state index contributed by atoms with van der Waals surface area (Å²) in [4.78, 5) is 15.5. The van der Waals surface area contributed by atoms with Gasteiger partial charge < -0.3 is 9.64 Å². The molecule has 0 spiro atoms. The van der Waals surface area contributed by atoms with Crippen molar-refractivity contribution in [2.24, 2.45) is 0 Å². The third kappa shape index (κ3) is 3.19. The minimum atomic E-state index is -0.671. The summed E-state index contributed by atoms with van der Waals surface area (Å²) in [5, 5.41) is 0. The van der Waals surface area contributed by atoms with E-state index in [1.54, 1.807) is 0 Å². The molecule has 0 radical (unpaired) electrons. The molecule has 0 aromatic heterocycles. The number of carbonyl (C=O) groups excluding carboxylic acids is 1. The fourth-order valence-corrected chi connectivity index (χ4v) is 4.09. The van der Waals surface area contributed by atoms with Crippen molar-refractivity contribution in [2.45, 2.75) is 31.1 Å². The smallest absolute Gasteiger partial charge is 0.326 e. The van der Waals surface area contributed by atoms with Gasteiger partial charge in [0, 0.05) is 5.56 Å². The number of piperidine rings is 1. The second-order valence-electron chi connectivity index (χ2n) is 6.81. The predicted molar refractivity (Wildman–Crippen MR) is 101 cm³/mol. The summed E-state index contributed by atoms with van der Waals surface area (Å²) >= 11 is 0. The van der Waals surface area contributed by atoms with E-state index < -0.39 is 5.41 Å². The first-order valence-electron chi connectivity index (χ1n) is 8.90. The quantitative estimate of drug-likeness (QED) is 0.607. The van der Waals surface area contributed by atoms with Gasteiger partial charge in [0.05, 0.1) is 0 Å². The highest BCUT2D eigenvalue weighted by atomic mass is 35.5. The number of hydrogen-bond acceptors (Lipinski definition) is 3. The van der Waals surface area contributed by atoms with Crippen molar-refractivity contribution in [3.8, 4) is 5.75 Å². The topological polar surface area (TPSA) is 29.5 Å². The number of halogens is 1. The molecule has 2 aromatic carbocycles. The molecule has 132 valence electrons. The van der Waals surface area contributed by atoms with Crippen LogP contribution in [0, 0.1) is 0 Å². The van der Waals surface area contributed by atoms with Crippen molar-refractivity contribution in [1.29, 1.82) is 0 Å². The molecule has 0 saturated carbocycles. The predicted octanol–water partition coefficient (Wildman–Crippen LogP) is 4.19. The molecule has 0 N–H and O–H groups in total. The van der Waals surface area contributed by atoms with Crippen LogP contribution in [0.5, 0.6) is 5.75 Å². The summed E-state index contributed by atoms with van der Waals surface area (Å²) in [5.41, 5.74) is 1.38. The maximum absolute atomic E-state index is 13.0. The van der Waals surface area contributed by atoms with E-state index >= 15 is 0 Å². The Morgan fingerprint density at radius 2 is 1.60 bits per heavy atom. The average molecular weight is 358 g/mol. The van der Waals surface area contributed by atoms with Gasteiger partial charge in [-0.2, -0.15) is 0 Å². The summed E-state index contributed by atoms with van der Waals surface area (Å²) in [6.45, 7) is 3.21. The van der Waals surface area contributed by atoms with E-state index in [1.165, 1.54) is 19.3 Å². The lowest BCUT2D eigenvalue weighted by Gasteiger charge is -2.32. The zero-order valence-corrected chi connectivity index (χ0v) is 15.1. The molecule has 2 aliphatic rings. The van der Waals surface area contributed by atoms with Gasteiger partial charge in [0.1, 0.15) is 11.2 Å². The van der Waals surface area contributed by atoms with E-state index in [-0.39, 0.29) is 18.4 Å². The minimum absolute atomic E-state index is 0. The Labute approximate surface area is 155 Å². The summed E-state index contributed by atoms with van der Waals surface area (Å²) in [7, 11) is 0. The SMILES string of the molecule is Cl.O=C1Oc2ccccc2C1(CCN1CCCCC1)c1ccccc1. The zero-order chi connectivity index (χ0) is 16.4. The molecule has 1 fully saturated rings. The molecular formula is C21H24ClNO2. The van der Waals surface area contributed by atoms with Gasteiger partial charge in [0.2, 0.25) is 0 Å². The molecule has 1 saturated heterocycles. The number of fused-ring (bicyclic) bond motifs is 1. The van der Waals surface area contributed by atoms with Crippen LogP contribution >= 0.6 is 12.4 Å². The summed E-state index contributed by atoms with van der Waals surface area (Å²) in [6, 6.07) is 18.0. The molecule has 2 aromatic rings. The van der Waals surface area contributed by atoms with Gasteiger partial charge in [-0.15, -0.1) is 12.4 Å². The maximum atomic E-state index is 13.0. The molecule has 0 amide bonds. The first-order chi connectivity index (χ1) is 11.8. The average Bonchev–Trinajstić information content (AvgIpc) is 2.94. The monoisotopic (exact) mass is 357 g/mol. The number of benzene rings is 2. The first-order valence-corrected chi connectivity index (χ1v) is 8.90. The van der Waals surface area contributed by atoms with Gasteiger partial charge in [-0.05, 0) is 50.5 Å². The van der Waals surface area contributed by atoms with E-state index in [0.717, 1.165) is 37.2 Å². The van der Waals surface area contributed by atoms with E-state index in [4.69, 9.17) is 4.74 Å². The van der Waals surface area contributed by atoms with Crippen LogP contribution in [-0.2, 0) is 10.2 Å². The lowest BCUT2D eigenvalue weighted by Crippen LogP contribution is -2.40. The lowest BCUT2D eigenvalue weighted by molar-refractivity contribution is -0.137. The largest absolute Gasteiger partial charge is 0.425 e. The van der Waals surface area contributed by atoms with Crippen LogP contribution in [-0.4, -0.2) is 30.5 Å². The van der Waals surface area contributed by atoms with Gasteiger partial charge in [0.15, 0.2) is 0 Å². The second-order valence-corrected chi connectivity index (χ2v) is 6.81. The summed E-state index contributed by atoms with van der Waals surface area (Å²) in [6.07, 6.45) is 4.62. The van der Waals surface area contributed by atoms with E-state index in [0.29, 0.717) is 5.75 Å². The highest BCUT2D eigenvalue weighted by Gasteiger charge is 2.50. The number of rotatable bonds is 4. The highest BCUT2D eigenvalue weighted by Crippen LogP contribution is 2.46. The van der Waals surface area contributed by atoms with Crippen LogP contribution in [0.1, 0.15) is 36.8 Å². The molecular weight excluding hydrogens is 334 g/mol. The molecule has 1 unspecified atom stereocenters. The van der Waals surface area contributed by atoms with Crippen LogP contribution in [0.3, 0.4) is 0 Å². The fourth-order valence-electron chi connectivity index (χ4n) is 4.09. The number of likely N-dealkylation sites (tertiary alicyclic amines) is 1. The van der Waals surface area contributed by atoms with Crippen LogP contribution in [0.4, 0.5) is 0 Å². The van der Waals surface area contributed by atoms with Crippen molar-refractivity contribution in [2.75, 3.05) is 19.6 Å². The molecule has 2 aliphatic heterocycles. The molecule has 4 rings (SSSR count). The second kappa shape index (κ2) is 7.59. The Bertz CT molecular complexity index is 728. The molecule has 0 aliphatic carbocycles. The molecule has 0 bridgehead atoms. The van der Waals surface area contributed by atoms with Crippen molar-refractivity contribution >= 4 is 18.4 Å². The van der Waals surface area contributed by atoms with Crippen molar-refractivity contribution in [1.82, 2.24) is 4.90 Å². The van der Waals surface area contributed by atoms with Crippen LogP contribution in [0.15, 0.2) is 54.6 Å². The van der Waals surface area contributed by atoms with Gasteiger partial charge in [-0.25, -0.2) is 0 Å². The van der Waals surface area contributed by atoms with Gasteiger partial charge >= 0.3 is 5.97 Å². The third-order valence-electron chi connectivity index (χ3n) is 5.42.